The van der Waals surface area contributed by atoms with Crippen molar-refractivity contribution in [1.82, 2.24) is 15.3 Å². The van der Waals surface area contributed by atoms with Gasteiger partial charge in [-0.1, -0.05) is 0 Å². The van der Waals surface area contributed by atoms with E-state index in [4.69, 9.17) is 9.72 Å². The Labute approximate surface area is 130 Å². The molecule has 118 valence electrons. The van der Waals surface area contributed by atoms with Gasteiger partial charge in [-0.3, -0.25) is 4.79 Å². The van der Waals surface area contributed by atoms with Crippen molar-refractivity contribution in [1.29, 1.82) is 0 Å². The fourth-order valence-corrected chi connectivity index (χ4v) is 3.17. The van der Waals surface area contributed by atoms with Gasteiger partial charge in [0.25, 0.3) is 5.91 Å². The maximum atomic E-state index is 12.1. The third-order valence-electron chi connectivity index (χ3n) is 4.74. The lowest BCUT2D eigenvalue weighted by atomic mass is 10.00. The maximum Gasteiger partial charge on any atom is 0.270 e. The molecule has 1 aliphatic carbocycles. The van der Waals surface area contributed by atoms with Gasteiger partial charge in [0.2, 0.25) is 0 Å². The minimum absolute atomic E-state index is 0.0559. The summed E-state index contributed by atoms with van der Waals surface area (Å²) in [6.45, 7) is 3.27. The van der Waals surface area contributed by atoms with Gasteiger partial charge >= 0.3 is 0 Å². The number of aromatic nitrogens is 2. The summed E-state index contributed by atoms with van der Waals surface area (Å²) >= 11 is 0. The van der Waals surface area contributed by atoms with Crippen molar-refractivity contribution in [3.8, 4) is 0 Å². The molecule has 6 heteroatoms. The molecule has 0 atom stereocenters. The number of carbonyl (C=O) groups is 1. The van der Waals surface area contributed by atoms with Gasteiger partial charge in [-0.25, -0.2) is 9.97 Å². The van der Waals surface area contributed by atoms with Crippen LogP contribution in [0.2, 0.25) is 0 Å². The first-order valence-corrected chi connectivity index (χ1v) is 8.32. The zero-order valence-corrected chi connectivity index (χ0v) is 12.7. The van der Waals surface area contributed by atoms with E-state index in [9.17, 15) is 4.79 Å². The summed E-state index contributed by atoms with van der Waals surface area (Å²) in [6.07, 6.45) is 5.27. The molecule has 1 aromatic heterocycles. The SMILES string of the molecule is O=C1NCCc2c(NCC3CCOCC3)nc(C3CC3)nc21. The predicted molar refractivity (Wildman–Crippen MR) is 82.1 cm³/mol. The average Bonchev–Trinajstić information content (AvgIpc) is 3.39. The van der Waals surface area contributed by atoms with Crippen molar-refractivity contribution in [2.24, 2.45) is 5.92 Å². The first-order chi connectivity index (χ1) is 10.8. The van der Waals surface area contributed by atoms with Gasteiger partial charge in [0.05, 0.1) is 0 Å². The van der Waals surface area contributed by atoms with Gasteiger partial charge in [0, 0.05) is 37.8 Å². The van der Waals surface area contributed by atoms with E-state index in [1.807, 2.05) is 0 Å². The highest BCUT2D eigenvalue weighted by Gasteiger charge is 2.31. The molecule has 3 aliphatic rings. The molecule has 22 heavy (non-hydrogen) atoms. The predicted octanol–water partition coefficient (Wildman–Crippen LogP) is 1.48. The van der Waals surface area contributed by atoms with Gasteiger partial charge < -0.3 is 15.4 Å². The number of ether oxygens (including phenoxy) is 1. The van der Waals surface area contributed by atoms with Crippen LogP contribution >= 0.6 is 0 Å². The number of anilines is 1. The van der Waals surface area contributed by atoms with E-state index in [2.05, 4.69) is 15.6 Å². The van der Waals surface area contributed by atoms with Crippen LogP contribution in [0.15, 0.2) is 0 Å². The largest absolute Gasteiger partial charge is 0.381 e. The average molecular weight is 302 g/mol. The molecule has 0 aromatic carbocycles. The Morgan fingerprint density at radius 2 is 2.00 bits per heavy atom. The number of hydrogen-bond donors (Lipinski definition) is 2. The van der Waals surface area contributed by atoms with Crippen molar-refractivity contribution in [3.05, 3.63) is 17.1 Å². The van der Waals surface area contributed by atoms with Crippen LogP contribution in [0.3, 0.4) is 0 Å². The quantitative estimate of drug-likeness (QED) is 0.881. The number of carbonyl (C=O) groups excluding carboxylic acids is 1. The van der Waals surface area contributed by atoms with Crippen LogP contribution in [-0.4, -0.2) is 42.2 Å². The second-order valence-electron chi connectivity index (χ2n) is 6.47. The van der Waals surface area contributed by atoms with Gasteiger partial charge in [0.15, 0.2) is 0 Å². The first kappa shape index (κ1) is 13.9. The fourth-order valence-electron chi connectivity index (χ4n) is 3.17. The monoisotopic (exact) mass is 302 g/mol. The van der Waals surface area contributed by atoms with Crippen LogP contribution in [0.5, 0.6) is 0 Å². The molecule has 1 amide bonds. The molecular weight excluding hydrogens is 280 g/mol. The van der Waals surface area contributed by atoms with Crippen molar-refractivity contribution in [2.45, 2.75) is 38.0 Å². The third-order valence-corrected chi connectivity index (χ3v) is 4.74. The molecule has 0 radical (unpaired) electrons. The van der Waals surface area contributed by atoms with E-state index in [0.29, 0.717) is 24.1 Å². The van der Waals surface area contributed by atoms with Crippen molar-refractivity contribution >= 4 is 11.7 Å². The van der Waals surface area contributed by atoms with Gasteiger partial charge in [-0.05, 0) is 38.0 Å². The number of nitrogens with one attached hydrogen (secondary N) is 2. The molecular formula is C16H22N4O2. The van der Waals surface area contributed by atoms with Crippen LogP contribution in [-0.2, 0) is 11.2 Å². The van der Waals surface area contributed by atoms with E-state index in [1.54, 1.807) is 0 Å². The number of hydrogen-bond acceptors (Lipinski definition) is 5. The Kier molecular flexibility index (Phi) is 3.70. The van der Waals surface area contributed by atoms with Crippen molar-refractivity contribution < 1.29 is 9.53 Å². The van der Waals surface area contributed by atoms with Gasteiger partial charge in [-0.2, -0.15) is 0 Å². The summed E-state index contributed by atoms with van der Waals surface area (Å²) in [5, 5.41) is 6.38. The Hall–Kier alpha value is -1.69. The smallest absolute Gasteiger partial charge is 0.270 e. The molecule has 6 nitrogen and oxygen atoms in total. The fraction of sp³-hybridized carbons (Fsp3) is 0.688. The van der Waals surface area contributed by atoms with Gasteiger partial charge in [0.1, 0.15) is 17.3 Å². The van der Waals surface area contributed by atoms with E-state index in [0.717, 1.165) is 69.1 Å². The first-order valence-electron chi connectivity index (χ1n) is 8.32. The van der Waals surface area contributed by atoms with E-state index in [-0.39, 0.29) is 5.91 Å². The lowest BCUT2D eigenvalue weighted by Gasteiger charge is -2.24. The van der Waals surface area contributed by atoms with Gasteiger partial charge in [-0.15, -0.1) is 0 Å². The lowest BCUT2D eigenvalue weighted by Crippen LogP contribution is -2.34. The topological polar surface area (TPSA) is 76.1 Å². The van der Waals surface area contributed by atoms with Crippen LogP contribution in [0.1, 0.15) is 53.5 Å². The molecule has 2 aliphatic heterocycles. The molecule has 2 fully saturated rings. The Balaban J connectivity index is 1.57. The number of fused-ring (bicyclic) bond motifs is 1. The maximum absolute atomic E-state index is 12.1. The molecule has 1 saturated carbocycles. The summed E-state index contributed by atoms with van der Waals surface area (Å²) in [4.78, 5) is 21.4. The summed E-state index contributed by atoms with van der Waals surface area (Å²) in [5.74, 6) is 2.74. The number of amides is 1. The highest BCUT2D eigenvalue weighted by molar-refractivity contribution is 5.96. The molecule has 3 heterocycles. The minimum Gasteiger partial charge on any atom is -0.381 e. The Morgan fingerprint density at radius 1 is 1.18 bits per heavy atom. The lowest BCUT2D eigenvalue weighted by molar-refractivity contribution is 0.0699. The Bertz CT molecular complexity index is 580. The molecule has 2 N–H and O–H groups in total. The zero-order chi connectivity index (χ0) is 14.9. The summed E-state index contributed by atoms with van der Waals surface area (Å²) < 4.78 is 5.41. The van der Waals surface area contributed by atoms with Crippen molar-refractivity contribution in [3.63, 3.8) is 0 Å². The second kappa shape index (κ2) is 5.83. The van der Waals surface area contributed by atoms with E-state index >= 15 is 0 Å². The van der Waals surface area contributed by atoms with Crippen LogP contribution < -0.4 is 10.6 Å². The highest BCUT2D eigenvalue weighted by atomic mass is 16.5. The summed E-state index contributed by atoms with van der Waals surface area (Å²) in [7, 11) is 0. The minimum atomic E-state index is -0.0559. The van der Waals surface area contributed by atoms with Crippen LogP contribution in [0.4, 0.5) is 5.82 Å². The molecule has 0 bridgehead atoms. The second-order valence-corrected chi connectivity index (χ2v) is 6.47. The van der Waals surface area contributed by atoms with E-state index < -0.39 is 0 Å². The molecule has 1 saturated heterocycles. The zero-order valence-electron chi connectivity index (χ0n) is 12.7. The number of nitrogens with zero attached hydrogens (tertiary/aromatic N) is 2. The molecule has 1 aromatic rings. The molecule has 0 unspecified atom stereocenters. The molecule has 0 spiro atoms. The van der Waals surface area contributed by atoms with Crippen LogP contribution in [0, 0.1) is 5.92 Å². The third kappa shape index (κ3) is 2.79. The van der Waals surface area contributed by atoms with E-state index in [1.165, 1.54) is 0 Å². The highest BCUT2D eigenvalue weighted by Crippen LogP contribution is 2.39. The summed E-state index contributed by atoms with van der Waals surface area (Å²) in [5.41, 5.74) is 1.57. The van der Waals surface area contributed by atoms with Crippen molar-refractivity contribution in [2.75, 3.05) is 31.6 Å². The van der Waals surface area contributed by atoms with Crippen LogP contribution in [0.25, 0.3) is 0 Å². The normalized spacial score (nSPS) is 22.1. The Morgan fingerprint density at radius 3 is 2.77 bits per heavy atom. The standard InChI is InChI=1S/C16H22N4O2/c21-16-13-12(3-6-17-16)15(20-14(19-13)11-1-2-11)18-9-10-4-7-22-8-5-10/h10-11H,1-9H2,(H,17,21)(H,18,19,20). The molecule has 4 rings (SSSR count). The summed E-state index contributed by atoms with van der Waals surface area (Å²) in [6, 6.07) is 0. The number of rotatable bonds is 4.